The van der Waals surface area contributed by atoms with Gasteiger partial charge in [-0.15, -0.1) is 12.4 Å². The highest BCUT2D eigenvalue weighted by molar-refractivity contribution is 5.90. The molecule has 1 saturated heterocycles. The lowest BCUT2D eigenvalue weighted by molar-refractivity contribution is -0.143. The molecule has 1 atom stereocenters. The fourth-order valence-electron chi connectivity index (χ4n) is 1.92. The van der Waals surface area contributed by atoms with Crippen molar-refractivity contribution in [2.45, 2.75) is 19.4 Å². The number of esters is 1. The van der Waals surface area contributed by atoms with Gasteiger partial charge < -0.3 is 20.3 Å². The molecule has 1 unspecified atom stereocenters. The van der Waals surface area contributed by atoms with Crippen molar-refractivity contribution in [1.82, 2.24) is 15.5 Å². The molecule has 0 saturated carbocycles. The molecule has 1 aliphatic heterocycles. The number of alkyl halides is 1. The maximum absolute atomic E-state index is 12.3. The fraction of sp³-hybridized carbons (Fsp3) is 0.750. The second-order valence-corrected chi connectivity index (χ2v) is 4.31. The molecule has 2 amide bonds. The number of carbonyl (C=O) groups excluding carboxylic acids is 3. The van der Waals surface area contributed by atoms with Gasteiger partial charge in [0.2, 0.25) is 11.8 Å². The molecule has 9 heteroatoms. The summed E-state index contributed by atoms with van der Waals surface area (Å²) in [5.41, 5.74) is 0. The summed E-state index contributed by atoms with van der Waals surface area (Å²) in [6.45, 7) is 2.08. The van der Waals surface area contributed by atoms with Crippen LogP contribution in [0.3, 0.4) is 0 Å². The number of nitrogens with one attached hydrogen (secondary N) is 2. The number of halogens is 2. The van der Waals surface area contributed by atoms with Gasteiger partial charge in [0.15, 0.2) is 0 Å². The number of rotatable bonds is 7. The van der Waals surface area contributed by atoms with Gasteiger partial charge in [0.25, 0.3) is 0 Å². The van der Waals surface area contributed by atoms with Crippen LogP contribution in [0.25, 0.3) is 0 Å². The van der Waals surface area contributed by atoms with Crippen LogP contribution < -0.4 is 10.6 Å². The number of amides is 2. The molecule has 7 nitrogen and oxygen atoms in total. The largest absolute Gasteiger partial charge is 0.465 e. The Morgan fingerprint density at radius 1 is 1.52 bits per heavy atom. The third kappa shape index (κ3) is 6.72. The lowest BCUT2D eigenvalue weighted by atomic mass is 10.1. The fourth-order valence-corrected chi connectivity index (χ4v) is 1.92. The number of hydrogen-bond donors (Lipinski definition) is 2. The molecular weight excluding hydrogens is 305 g/mol. The molecule has 1 rings (SSSR count). The number of hydrogen-bond acceptors (Lipinski definition) is 5. The van der Waals surface area contributed by atoms with E-state index >= 15 is 0 Å². The standard InChI is InChI=1S/C12H20FN3O4.ClH/c1-2-20-11(18)8-15-10(17)7-9-12(19)16(5-3-13)6-4-14-9;/h9,14H,2-8H2,1H3,(H,15,17);1H. The first-order chi connectivity index (χ1) is 9.58. The number of nitrogens with zero attached hydrogens (tertiary/aromatic N) is 1. The van der Waals surface area contributed by atoms with E-state index in [9.17, 15) is 18.8 Å². The highest BCUT2D eigenvalue weighted by Gasteiger charge is 2.29. The Bertz CT molecular complexity index is 368. The summed E-state index contributed by atoms with van der Waals surface area (Å²) in [4.78, 5) is 36.0. The molecule has 0 spiro atoms. The highest BCUT2D eigenvalue weighted by atomic mass is 35.5. The van der Waals surface area contributed by atoms with E-state index in [1.54, 1.807) is 6.92 Å². The van der Waals surface area contributed by atoms with Crippen LogP contribution in [-0.4, -0.2) is 68.2 Å². The zero-order chi connectivity index (χ0) is 15.0. The average Bonchev–Trinajstić information content (AvgIpc) is 2.42. The van der Waals surface area contributed by atoms with E-state index in [4.69, 9.17) is 0 Å². The van der Waals surface area contributed by atoms with Crippen LogP contribution in [0.1, 0.15) is 13.3 Å². The summed E-state index contributed by atoms with van der Waals surface area (Å²) < 4.78 is 16.9. The number of carbonyl (C=O) groups is 3. The predicted octanol–water partition coefficient (Wildman–Crippen LogP) is -0.752. The molecule has 1 heterocycles. The van der Waals surface area contributed by atoms with Gasteiger partial charge in [-0.05, 0) is 6.92 Å². The second kappa shape index (κ2) is 10.3. The van der Waals surface area contributed by atoms with Crippen LogP contribution >= 0.6 is 12.4 Å². The van der Waals surface area contributed by atoms with Gasteiger partial charge in [0.1, 0.15) is 13.2 Å². The predicted molar refractivity (Wildman–Crippen MR) is 75.9 cm³/mol. The minimum atomic E-state index is -0.669. The average molecular weight is 326 g/mol. The molecular formula is C12H21ClFN3O4. The van der Waals surface area contributed by atoms with Crippen LogP contribution in [0, 0.1) is 0 Å². The van der Waals surface area contributed by atoms with E-state index in [0.29, 0.717) is 13.1 Å². The topological polar surface area (TPSA) is 87.7 Å². The second-order valence-electron chi connectivity index (χ2n) is 4.31. The van der Waals surface area contributed by atoms with Crippen molar-refractivity contribution in [2.75, 3.05) is 39.5 Å². The SMILES string of the molecule is CCOC(=O)CNC(=O)CC1NCCN(CCF)C1=O.Cl. The monoisotopic (exact) mass is 325 g/mol. The minimum Gasteiger partial charge on any atom is -0.465 e. The van der Waals surface area contributed by atoms with Gasteiger partial charge in [-0.1, -0.05) is 0 Å². The van der Waals surface area contributed by atoms with Crippen LogP contribution in [0.2, 0.25) is 0 Å². The Morgan fingerprint density at radius 3 is 2.86 bits per heavy atom. The zero-order valence-electron chi connectivity index (χ0n) is 11.9. The van der Waals surface area contributed by atoms with Gasteiger partial charge >= 0.3 is 5.97 Å². The van der Waals surface area contributed by atoms with E-state index in [0.717, 1.165) is 0 Å². The van der Waals surface area contributed by atoms with E-state index < -0.39 is 24.6 Å². The summed E-state index contributed by atoms with van der Waals surface area (Å²) in [6, 6.07) is -0.669. The summed E-state index contributed by atoms with van der Waals surface area (Å²) in [6.07, 6.45) is -0.0823. The van der Waals surface area contributed by atoms with Crippen molar-refractivity contribution in [3.05, 3.63) is 0 Å². The van der Waals surface area contributed by atoms with Crippen LogP contribution in [-0.2, 0) is 19.1 Å². The lowest BCUT2D eigenvalue weighted by Crippen LogP contribution is -2.56. The zero-order valence-corrected chi connectivity index (χ0v) is 12.7. The molecule has 0 radical (unpaired) electrons. The van der Waals surface area contributed by atoms with Gasteiger partial charge in [0.05, 0.1) is 19.1 Å². The molecule has 0 bridgehead atoms. The van der Waals surface area contributed by atoms with Crippen molar-refractivity contribution >= 4 is 30.2 Å². The minimum absolute atomic E-state index is 0. The van der Waals surface area contributed by atoms with E-state index in [1.165, 1.54) is 4.90 Å². The Kier molecular flexibility index (Phi) is 9.64. The molecule has 0 aromatic carbocycles. The third-order valence-electron chi connectivity index (χ3n) is 2.86. The van der Waals surface area contributed by atoms with Crippen molar-refractivity contribution in [3.63, 3.8) is 0 Å². The quantitative estimate of drug-likeness (QED) is 0.601. The first-order valence-electron chi connectivity index (χ1n) is 6.59. The van der Waals surface area contributed by atoms with E-state index in [-0.39, 0.29) is 44.4 Å². The van der Waals surface area contributed by atoms with Crippen molar-refractivity contribution in [2.24, 2.45) is 0 Å². The summed E-state index contributed by atoms with van der Waals surface area (Å²) >= 11 is 0. The number of piperazine rings is 1. The van der Waals surface area contributed by atoms with Gasteiger partial charge in [-0.25, -0.2) is 4.39 Å². The molecule has 2 N–H and O–H groups in total. The first kappa shape index (κ1) is 19.6. The van der Waals surface area contributed by atoms with E-state index in [1.807, 2.05) is 0 Å². The van der Waals surface area contributed by atoms with Gasteiger partial charge in [-0.2, -0.15) is 0 Å². The Balaban J connectivity index is 0.00000400. The Morgan fingerprint density at radius 2 is 2.24 bits per heavy atom. The molecule has 21 heavy (non-hydrogen) atoms. The van der Waals surface area contributed by atoms with Gasteiger partial charge in [0, 0.05) is 19.6 Å². The van der Waals surface area contributed by atoms with Crippen LogP contribution in [0.5, 0.6) is 0 Å². The molecule has 0 aliphatic carbocycles. The smallest absolute Gasteiger partial charge is 0.325 e. The van der Waals surface area contributed by atoms with E-state index in [2.05, 4.69) is 15.4 Å². The summed E-state index contributed by atoms with van der Waals surface area (Å²) in [5.74, 6) is -1.24. The maximum atomic E-state index is 12.3. The first-order valence-corrected chi connectivity index (χ1v) is 6.59. The molecule has 1 fully saturated rings. The van der Waals surface area contributed by atoms with Crippen molar-refractivity contribution in [3.8, 4) is 0 Å². The maximum Gasteiger partial charge on any atom is 0.325 e. The molecule has 0 aromatic rings. The molecule has 122 valence electrons. The summed E-state index contributed by atoms with van der Waals surface area (Å²) in [7, 11) is 0. The van der Waals surface area contributed by atoms with Crippen molar-refractivity contribution < 1.29 is 23.5 Å². The number of ether oxygens (including phenoxy) is 1. The summed E-state index contributed by atoms with van der Waals surface area (Å²) in [5, 5.41) is 5.29. The Hall–Kier alpha value is -1.41. The molecule has 1 aliphatic rings. The Labute approximate surface area is 129 Å². The van der Waals surface area contributed by atoms with Gasteiger partial charge in [-0.3, -0.25) is 14.4 Å². The molecule has 0 aromatic heterocycles. The third-order valence-corrected chi connectivity index (χ3v) is 2.86. The van der Waals surface area contributed by atoms with Crippen LogP contribution in [0.15, 0.2) is 0 Å². The van der Waals surface area contributed by atoms with Crippen molar-refractivity contribution in [1.29, 1.82) is 0 Å². The highest BCUT2D eigenvalue weighted by Crippen LogP contribution is 2.05. The lowest BCUT2D eigenvalue weighted by Gasteiger charge is -2.32. The normalized spacial score (nSPS) is 17.9. The van der Waals surface area contributed by atoms with Crippen LogP contribution in [0.4, 0.5) is 4.39 Å².